The largest absolute Gasteiger partial charge is 0.286 e. The van der Waals surface area contributed by atoms with E-state index in [4.69, 9.17) is 5.26 Å². The molecule has 0 heterocycles. The van der Waals surface area contributed by atoms with Gasteiger partial charge in [-0.05, 0) is 26.3 Å². The number of hydrogen-bond donors (Lipinski definition) is 0. The van der Waals surface area contributed by atoms with Gasteiger partial charge < -0.3 is 0 Å². The molecule has 0 saturated carbocycles. The van der Waals surface area contributed by atoms with Gasteiger partial charge in [-0.3, -0.25) is 4.90 Å². The fourth-order valence-electron chi connectivity index (χ4n) is 2.44. The summed E-state index contributed by atoms with van der Waals surface area (Å²) in [7, 11) is 3.95. The lowest BCUT2D eigenvalue weighted by Crippen LogP contribution is -2.23. The lowest BCUT2D eigenvalue weighted by molar-refractivity contribution is 0.433. The fourth-order valence-corrected chi connectivity index (χ4v) is 3.41. The predicted molar refractivity (Wildman–Crippen MR) is 96.6 cm³/mol. The van der Waals surface area contributed by atoms with Crippen LogP contribution in [0.1, 0.15) is 84.0 Å². The van der Waals surface area contributed by atoms with Crippen molar-refractivity contribution in [2.24, 2.45) is 0 Å². The van der Waals surface area contributed by atoms with Crippen LogP contribution < -0.4 is 0 Å². The predicted octanol–water partition coefficient (Wildman–Crippen LogP) is 5.83. The normalized spacial score (nSPS) is 12.5. The average molecular weight is 313 g/mol. The maximum atomic E-state index is 8.98. The van der Waals surface area contributed by atoms with Crippen LogP contribution in [0.15, 0.2) is 0 Å². The molecule has 0 radical (unpaired) electrons. The highest BCUT2D eigenvalue weighted by atomic mass is 32.2. The Bertz CT molecular complexity index is 248. The van der Waals surface area contributed by atoms with Crippen molar-refractivity contribution in [1.82, 2.24) is 4.90 Å². The van der Waals surface area contributed by atoms with Crippen LogP contribution in [0.25, 0.3) is 0 Å². The van der Waals surface area contributed by atoms with Gasteiger partial charge in [0.2, 0.25) is 0 Å². The summed E-state index contributed by atoms with van der Waals surface area (Å²) >= 11 is 1.78. The molecule has 0 rings (SSSR count). The van der Waals surface area contributed by atoms with Crippen LogP contribution >= 0.6 is 11.8 Å². The summed E-state index contributed by atoms with van der Waals surface area (Å²) in [6, 6.07) is 2.33. The molecule has 0 aromatic carbocycles. The molecular formula is C18H36N2S. The zero-order valence-electron chi connectivity index (χ0n) is 14.6. The Balaban J connectivity index is 3.14. The van der Waals surface area contributed by atoms with Gasteiger partial charge in [0, 0.05) is 0 Å². The van der Waals surface area contributed by atoms with Crippen LogP contribution in [-0.2, 0) is 0 Å². The molecule has 0 N–H and O–H groups in total. The molecule has 1 atom stereocenters. The zero-order chi connectivity index (χ0) is 15.8. The molecule has 1 unspecified atom stereocenters. The van der Waals surface area contributed by atoms with Gasteiger partial charge in [0.1, 0.15) is 5.37 Å². The Hall–Kier alpha value is -0.200. The fraction of sp³-hybridized carbons (Fsp3) is 0.944. The second-order valence-corrected chi connectivity index (χ2v) is 7.39. The van der Waals surface area contributed by atoms with Crippen LogP contribution in [0.3, 0.4) is 0 Å². The number of hydrogen-bond acceptors (Lipinski definition) is 3. The van der Waals surface area contributed by atoms with Crippen molar-refractivity contribution < 1.29 is 0 Å². The molecule has 21 heavy (non-hydrogen) atoms. The van der Waals surface area contributed by atoms with Gasteiger partial charge in [0.25, 0.3) is 0 Å². The van der Waals surface area contributed by atoms with Crippen molar-refractivity contribution in [1.29, 1.82) is 5.26 Å². The standard InChI is InChI=1S/C18H36N2S/c1-4-5-6-7-8-9-10-11-12-13-14-15-16-21-18(17-19)20(2)3/h18H,4-16H2,1-3H3. The van der Waals surface area contributed by atoms with E-state index in [2.05, 4.69) is 13.0 Å². The first-order valence-electron chi connectivity index (χ1n) is 8.90. The van der Waals surface area contributed by atoms with Crippen LogP contribution in [0.4, 0.5) is 0 Å². The molecule has 0 fully saturated rings. The van der Waals surface area contributed by atoms with E-state index in [1.807, 2.05) is 19.0 Å². The molecule has 0 bridgehead atoms. The molecule has 0 aromatic rings. The second kappa shape index (κ2) is 16.2. The maximum Gasteiger partial charge on any atom is 0.144 e. The molecule has 0 aliphatic heterocycles. The van der Waals surface area contributed by atoms with Crippen LogP contribution in [-0.4, -0.2) is 30.1 Å². The topological polar surface area (TPSA) is 27.0 Å². The molecule has 0 amide bonds. The third-order valence-corrected chi connectivity index (χ3v) is 5.22. The summed E-state index contributed by atoms with van der Waals surface area (Å²) in [6.07, 6.45) is 16.7. The second-order valence-electron chi connectivity index (χ2n) is 6.20. The Morgan fingerprint density at radius 3 is 1.62 bits per heavy atom. The first kappa shape index (κ1) is 20.8. The maximum absolute atomic E-state index is 8.98. The van der Waals surface area contributed by atoms with Crippen molar-refractivity contribution in [2.75, 3.05) is 19.8 Å². The molecule has 2 nitrogen and oxygen atoms in total. The number of rotatable bonds is 15. The molecule has 0 aliphatic carbocycles. The van der Waals surface area contributed by atoms with E-state index >= 15 is 0 Å². The van der Waals surface area contributed by atoms with Gasteiger partial charge in [0.05, 0.1) is 6.07 Å². The third-order valence-electron chi connectivity index (χ3n) is 3.85. The summed E-state index contributed by atoms with van der Waals surface area (Å²) in [5, 5.41) is 9.00. The minimum atomic E-state index is 0.0257. The van der Waals surface area contributed by atoms with Crippen molar-refractivity contribution in [3.63, 3.8) is 0 Å². The quantitative estimate of drug-likeness (QED) is 0.281. The smallest absolute Gasteiger partial charge is 0.144 e. The molecule has 0 aliphatic rings. The molecule has 124 valence electrons. The SMILES string of the molecule is CCCCCCCCCCCCCCSC(C#N)N(C)C. The minimum absolute atomic E-state index is 0.0257. The summed E-state index contributed by atoms with van der Waals surface area (Å²) in [5.74, 6) is 1.12. The molecule has 0 aromatic heterocycles. The highest BCUT2D eigenvalue weighted by Gasteiger charge is 2.08. The molecule has 0 saturated heterocycles. The monoisotopic (exact) mass is 312 g/mol. The van der Waals surface area contributed by atoms with Crippen LogP contribution in [0.2, 0.25) is 0 Å². The first-order valence-corrected chi connectivity index (χ1v) is 9.95. The molecular weight excluding hydrogens is 276 g/mol. The van der Waals surface area contributed by atoms with Crippen molar-refractivity contribution in [3.05, 3.63) is 0 Å². The highest BCUT2D eigenvalue weighted by Crippen LogP contribution is 2.16. The average Bonchev–Trinajstić information content (AvgIpc) is 2.47. The minimum Gasteiger partial charge on any atom is -0.286 e. The summed E-state index contributed by atoms with van der Waals surface area (Å²) in [6.45, 7) is 2.28. The van der Waals surface area contributed by atoms with Gasteiger partial charge in [0.15, 0.2) is 0 Å². The zero-order valence-corrected chi connectivity index (χ0v) is 15.4. The number of nitrogens with zero attached hydrogens (tertiary/aromatic N) is 2. The summed E-state index contributed by atoms with van der Waals surface area (Å²) < 4.78 is 0. The van der Waals surface area contributed by atoms with E-state index in [0.29, 0.717) is 0 Å². The number of thioether (sulfide) groups is 1. The van der Waals surface area contributed by atoms with E-state index in [1.165, 1.54) is 77.0 Å². The van der Waals surface area contributed by atoms with Gasteiger partial charge in [-0.1, -0.05) is 77.6 Å². The summed E-state index contributed by atoms with van der Waals surface area (Å²) in [5.41, 5.74) is 0. The Morgan fingerprint density at radius 2 is 1.24 bits per heavy atom. The highest BCUT2D eigenvalue weighted by molar-refractivity contribution is 8.00. The van der Waals surface area contributed by atoms with Crippen molar-refractivity contribution in [3.8, 4) is 6.07 Å². The lowest BCUT2D eigenvalue weighted by Gasteiger charge is -2.15. The van der Waals surface area contributed by atoms with Crippen molar-refractivity contribution in [2.45, 2.75) is 89.3 Å². The van der Waals surface area contributed by atoms with E-state index in [0.717, 1.165) is 5.75 Å². The Kier molecular flexibility index (Phi) is 16.0. The van der Waals surface area contributed by atoms with Gasteiger partial charge in [-0.15, -0.1) is 11.8 Å². The Labute approximate surface area is 137 Å². The lowest BCUT2D eigenvalue weighted by atomic mass is 10.1. The van der Waals surface area contributed by atoms with E-state index in [1.54, 1.807) is 11.8 Å². The van der Waals surface area contributed by atoms with Crippen LogP contribution in [0.5, 0.6) is 0 Å². The first-order chi connectivity index (χ1) is 10.2. The third kappa shape index (κ3) is 14.5. The van der Waals surface area contributed by atoms with Gasteiger partial charge in [-0.2, -0.15) is 5.26 Å². The van der Waals surface area contributed by atoms with E-state index < -0.39 is 0 Å². The van der Waals surface area contributed by atoms with Gasteiger partial charge in [-0.25, -0.2) is 0 Å². The van der Waals surface area contributed by atoms with E-state index in [9.17, 15) is 0 Å². The molecule has 3 heteroatoms. The molecule has 0 spiro atoms. The van der Waals surface area contributed by atoms with Crippen molar-refractivity contribution >= 4 is 11.8 Å². The Morgan fingerprint density at radius 1 is 0.810 bits per heavy atom. The van der Waals surface area contributed by atoms with Crippen LogP contribution in [0, 0.1) is 11.3 Å². The number of unbranched alkanes of at least 4 members (excludes halogenated alkanes) is 11. The van der Waals surface area contributed by atoms with Gasteiger partial charge >= 0.3 is 0 Å². The number of nitriles is 1. The summed E-state index contributed by atoms with van der Waals surface area (Å²) in [4.78, 5) is 1.99. The van der Waals surface area contributed by atoms with E-state index in [-0.39, 0.29) is 5.37 Å².